The molecule has 0 saturated carbocycles. The largest absolute Gasteiger partial charge is 0.469 e. The highest BCUT2D eigenvalue weighted by Gasteiger charge is 2.34. The fraction of sp³-hybridized carbons (Fsp3) is 0.174. The van der Waals surface area contributed by atoms with Gasteiger partial charge in [-0.25, -0.2) is 4.79 Å². The molecule has 3 aromatic rings. The van der Waals surface area contributed by atoms with Crippen molar-refractivity contribution < 1.29 is 28.3 Å². The zero-order chi connectivity index (χ0) is 21.1. The molecule has 2 aromatic carbocycles. The van der Waals surface area contributed by atoms with Crippen molar-refractivity contribution in [2.24, 2.45) is 0 Å². The first-order valence-electron chi connectivity index (χ1n) is 9.38. The number of hydrogen-bond donors (Lipinski definition) is 0. The molecule has 7 heteroatoms. The monoisotopic (exact) mass is 405 g/mol. The van der Waals surface area contributed by atoms with Gasteiger partial charge in [-0.1, -0.05) is 30.3 Å². The van der Waals surface area contributed by atoms with E-state index in [0.29, 0.717) is 17.9 Å². The average molecular weight is 405 g/mol. The zero-order valence-corrected chi connectivity index (χ0v) is 16.2. The van der Waals surface area contributed by atoms with Crippen LogP contribution in [0.1, 0.15) is 44.5 Å². The second-order valence-electron chi connectivity index (χ2n) is 6.82. The van der Waals surface area contributed by atoms with Crippen LogP contribution in [-0.4, -0.2) is 29.9 Å². The summed E-state index contributed by atoms with van der Waals surface area (Å²) in [6, 6.07) is 16.7. The van der Waals surface area contributed by atoms with Crippen molar-refractivity contribution in [1.29, 1.82) is 0 Å². The minimum atomic E-state index is -0.607. The maximum atomic E-state index is 12.9. The molecule has 0 spiro atoms. The van der Waals surface area contributed by atoms with E-state index in [1.165, 1.54) is 19.4 Å². The van der Waals surface area contributed by atoms with E-state index in [2.05, 4.69) is 0 Å². The number of carbonyl (C=O) groups is 3. The molecule has 0 radical (unpaired) electrons. The lowest BCUT2D eigenvalue weighted by Crippen LogP contribution is -2.31. The van der Waals surface area contributed by atoms with Crippen molar-refractivity contribution in [1.82, 2.24) is 4.90 Å². The molecule has 0 fully saturated rings. The fourth-order valence-corrected chi connectivity index (χ4v) is 3.49. The van der Waals surface area contributed by atoms with Gasteiger partial charge >= 0.3 is 11.9 Å². The van der Waals surface area contributed by atoms with E-state index in [1.807, 2.05) is 18.2 Å². The highest BCUT2D eigenvalue weighted by molar-refractivity contribution is 5.98. The molecule has 1 aliphatic rings. The second-order valence-corrected chi connectivity index (χ2v) is 6.82. The van der Waals surface area contributed by atoms with Crippen LogP contribution in [0.5, 0.6) is 5.75 Å². The van der Waals surface area contributed by atoms with E-state index in [9.17, 15) is 14.4 Å². The predicted molar refractivity (Wildman–Crippen MR) is 106 cm³/mol. The van der Waals surface area contributed by atoms with Gasteiger partial charge in [-0.15, -0.1) is 0 Å². The van der Waals surface area contributed by atoms with Crippen LogP contribution in [-0.2, 0) is 16.1 Å². The normalized spacial score (nSPS) is 13.6. The maximum absolute atomic E-state index is 12.9. The van der Waals surface area contributed by atoms with Gasteiger partial charge in [-0.3, -0.25) is 9.59 Å². The van der Waals surface area contributed by atoms with E-state index < -0.39 is 18.0 Å². The van der Waals surface area contributed by atoms with Crippen molar-refractivity contribution in [2.75, 3.05) is 7.11 Å². The number of furan rings is 1. The summed E-state index contributed by atoms with van der Waals surface area (Å²) in [5, 5.41) is 0. The van der Waals surface area contributed by atoms with Crippen LogP contribution in [0.4, 0.5) is 0 Å². The molecule has 30 heavy (non-hydrogen) atoms. The number of methoxy groups -OCH3 is 1. The van der Waals surface area contributed by atoms with Gasteiger partial charge in [0.1, 0.15) is 5.75 Å². The summed E-state index contributed by atoms with van der Waals surface area (Å²) in [5.41, 5.74) is 2.29. The van der Waals surface area contributed by atoms with Crippen molar-refractivity contribution in [3.63, 3.8) is 0 Å². The predicted octanol–water partition coefficient (Wildman–Crippen LogP) is 3.76. The lowest BCUT2D eigenvalue weighted by atomic mass is 10.0. The molecule has 4 rings (SSSR count). The van der Waals surface area contributed by atoms with Crippen molar-refractivity contribution in [3.8, 4) is 5.75 Å². The lowest BCUT2D eigenvalue weighted by molar-refractivity contribution is -0.141. The molecule has 152 valence electrons. The smallest absolute Gasteiger partial charge is 0.379 e. The molecule has 0 bridgehead atoms. The van der Waals surface area contributed by atoms with Crippen molar-refractivity contribution in [3.05, 3.63) is 89.4 Å². The molecule has 1 atom stereocenters. The van der Waals surface area contributed by atoms with Gasteiger partial charge < -0.3 is 18.8 Å². The first-order chi connectivity index (χ1) is 14.6. The van der Waals surface area contributed by atoms with Gasteiger partial charge in [0.05, 0.1) is 25.8 Å². The maximum Gasteiger partial charge on any atom is 0.379 e. The van der Waals surface area contributed by atoms with Gasteiger partial charge in [0, 0.05) is 12.1 Å². The Hall–Kier alpha value is -3.87. The van der Waals surface area contributed by atoms with Crippen molar-refractivity contribution in [2.45, 2.75) is 19.0 Å². The van der Waals surface area contributed by atoms with E-state index in [0.717, 1.165) is 11.1 Å². The van der Waals surface area contributed by atoms with Crippen LogP contribution in [0.3, 0.4) is 0 Å². The van der Waals surface area contributed by atoms with E-state index in [-0.39, 0.29) is 18.1 Å². The van der Waals surface area contributed by atoms with Crippen LogP contribution in [0.25, 0.3) is 0 Å². The highest BCUT2D eigenvalue weighted by Crippen LogP contribution is 2.34. The Morgan fingerprint density at radius 1 is 1.07 bits per heavy atom. The van der Waals surface area contributed by atoms with Gasteiger partial charge in [-0.2, -0.15) is 0 Å². The third-order valence-electron chi connectivity index (χ3n) is 5.01. The van der Waals surface area contributed by atoms with Crippen LogP contribution < -0.4 is 4.74 Å². The Morgan fingerprint density at radius 2 is 1.83 bits per heavy atom. The topological polar surface area (TPSA) is 86.1 Å². The minimum absolute atomic E-state index is 0.0156. The quantitative estimate of drug-likeness (QED) is 0.459. The molecular weight excluding hydrogens is 386 g/mol. The van der Waals surface area contributed by atoms with Crippen LogP contribution in [0.2, 0.25) is 0 Å². The summed E-state index contributed by atoms with van der Waals surface area (Å²) in [7, 11) is 1.32. The Balaban J connectivity index is 1.56. The second kappa shape index (κ2) is 8.24. The SMILES string of the molecule is COC(=O)CC(c1ccc(OC(=O)c2ccco2)cc1)N1Cc2ccccc2C1=O. The fourth-order valence-electron chi connectivity index (χ4n) is 3.49. The molecule has 1 amide bonds. The number of esters is 2. The van der Waals surface area contributed by atoms with Gasteiger partial charge in [0.2, 0.25) is 5.76 Å². The third kappa shape index (κ3) is 3.82. The minimum Gasteiger partial charge on any atom is -0.469 e. The number of ether oxygens (including phenoxy) is 2. The average Bonchev–Trinajstić information content (AvgIpc) is 3.42. The summed E-state index contributed by atoms with van der Waals surface area (Å²) < 4.78 is 15.1. The number of nitrogens with zero attached hydrogens (tertiary/aromatic N) is 1. The van der Waals surface area contributed by atoms with Gasteiger partial charge in [-0.05, 0) is 41.5 Å². The molecule has 0 N–H and O–H groups in total. The van der Waals surface area contributed by atoms with Crippen molar-refractivity contribution >= 4 is 17.8 Å². The van der Waals surface area contributed by atoms with Gasteiger partial charge in [0.15, 0.2) is 0 Å². The number of fused-ring (bicyclic) bond motifs is 1. The summed E-state index contributed by atoms with van der Waals surface area (Å²) >= 11 is 0. The summed E-state index contributed by atoms with van der Waals surface area (Å²) in [5.74, 6) is -0.731. The zero-order valence-electron chi connectivity index (χ0n) is 16.2. The first-order valence-corrected chi connectivity index (χ1v) is 9.38. The lowest BCUT2D eigenvalue weighted by Gasteiger charge is -2.27. The molecule has 1 aromatic heterocycles. The number of benzene rings is 2. The number of hydrogen-bond acceptors (Lipinski definition) is 6. The Labute approximate surface area is 172 Å². The van der Waals surface area contributed by atoms with Crippen LogP contribution in [0.15, 0.2) is 71.3 Å². The van der Waals surface area contributed by atoms with E-state index >= 15 is 0 Å². The molecule has 0 aliphatic carbocycles. The third-order valence-corrected chi connectivity index (χ3v) is 5.01. The van der Waals surface area contributed by atoms with E-state index in [4.69, 9.17) is 13.9 Å². The standard InChI is InChI=1S/C23H19NO6/c1-28-21(25)13-19(24-14-16-5-2-3-6-18(16)22(24)26)15-8-10-17(11-9-15)30-23(27)20-7-4-12-29-20/h2-12,19H,13-14H2,1H3. The Kier molecular flexibility index (Phi) is 5.34. The summed E-state index contributed by atoms with van der Waals surface area (Å²) in [6.45, 7) is 0.409. The van der Waals surface area contributed by atoms with E-state index in [1.54, 1.807) is 41.3 Å². The molecular formula is C23H19NO6. The molecule has 7 nitrogen and oxygen atoms in total. The number of rotatable bonds is 6. The van der Waals surface area contributed by atoms with Crippen LogP contribution >= 0.6 is 0 Å². The summed E-state index contributed by atoms with van der Waals surface area (Å²) in [6.07, 6.45) is 1.41. The summed E-state index contributed by atoms with van der Waals surface area (Å²) in [4.78, 5) is 38.6. The Bertz CT molecular complexity index is 1070. The number of amides is 1. The Morgan fingerprint density at radius 3 is 2.50 bits per heavy atom. The molecule has 2 heterocycles. The highest BCUT2D eigenvalue weighted by atomic mass is 16.5. The molecule has 1 unspecified atom stereocenters. The first kappa shape index (κ1) is 19.4. The molecule has 1 aliphatic heterocycles. The number of carbonyl (C=O) groups excluding carboxylic acids is 3. The molecule has 0 saturated heterocycles. The van der Waals surface area contributed by atoms with Crippen LogP contribution in [0, 0.1) is 0 Å². The van der Waals surface area contributed by atoms with Gasteiger partial charge in [0.25, 0.3) is 5.91 Å².